The van der Waals surface area contributed by atoms with Gasteiger partial charge in [-0.15, -0.1) is 0 Å². The van der Waals surface area contributed by atoms with Gasteiger partial charge in [0.05, 0.1) is 7.11 Å². The van der Waals surface area contributed by atoms with Gasteiger partial charge in [-0.1, -0.05) is 24.3 Å². The Morgan fingerprint density at radius 2 is 2.00 bits per heavy atom. The fourth-order valence-corrected chi connectivity index (χ4v) is 2.77. The van der Waals surface area contributed by atoms with Crippen molar-refractivity contribution in [2.75, 3.05) is 13.9 Å². The summed E-state index contributed by atoms with van der Waals surface area (Å²) in [7, 11) is 1.64. The lowest BCUT2D eigenvalue weighted by Gasteiger charge is -2.17. The molecule has 2 aromatic rings. The molecule has 2 aromatic carbocycles. The molecule has 1 unspecified atom stereocenters. The quantitative estimate of drug-likeness (QED) is 0.829. The third-order valence-electron chi connectivity index (χ3n) is 3.95. The van der Waals surface area contributed by atoms with Gasteiger partial charge in [-0.3, -0.25) is 4.79 Å². The first-order valence-electron chi connectivity index (χ1n) is 7.67. The summed E-state index contributed by atoms with van der Waals surface area (Å²) in [5, 5.41) is 0. The van der Waals surface area contributed by atoms with E-state index in [1.54, 1.807) is 13.2 Å². The minimum atomic E-state index is -0.454. The third kappa shape index (κ3) is 3.51. The van der Waals surface area contributed by atoms with Crippen LogP contribution in [0.4, 0.5) is 0 Å². The molecule has 0 spiro atoms. The predicted octanol–water partition coefficient (Wildman–Crippen LogP) is 2.99. The van der Waals surface area contributed by atoms with Crippen LogP contribution in [0, 0.1) is 0 Å². The zero-order chi connectivity index (χ0) is 16.9. The van der Waals surface area contributed by atoms with Gasteiger partial charge < -0.3 is 19.9 Å². The van der Waals surface area contributed by atoms with Gasteiger partial charge >= 0.3 is 0 Å². The Labute approximate surface area is 140 Å². The van der Waals surface area contributed by atoms with Crippen LogP contribution >= 0.6 is 0 Å². The van der Waals surface area contributed by atoms with E-state index < -0.39 is 5.91 Å². The lowest BCUT2D eigenvalue weighted by molar-refractivity contribution is -0.113. The summed E-state index contributed by atoms with van der Waals surface area (Å²) in [6, 6.07) is 13.8. The van der Waals surface area contributed by atoms with Crippen LogP contribution in [0.1, 0.15) is 23.5 Å². The fraction of sp³-hybridized carbons (Fsp3) is 0.211. The molecule has 0 aliphatic carbocycles. The van der Waals surface area contributed by atoms with Gasteiger partial charge in [0.2, 0.25) is 12.7 Å². The van der Waals surface area contributed by atoms with Crippen LogP contribution in [0.2, 0.25) is 0 Å². The summed E-state index contributed by atoms with van der Waals surface area (Å²) in [4.78, 5) is 11.0. The summed E-state index contributed by atoms with van der Waals surface area (Å²) in [6.07, 6.45) is 3.81. The molecule has 124 valence electrons. The lowest BCUT2D eigenvalue weighted by Crippen LogP contribution is -2.06. The second-order valence-corrected chi connectivity index (χ2v) is 5.48. The normalized spacial score (nSPS) is 13.9. The van der Waals surface area contributed by atoms with E-state index in [2.05, 4.69) is 0 Å². The van der Waals surface area contributed by atoms with Gasteiger partial charge in [-0.05, 0) is 47.9 Å². The van der Waals surface area contributed by atoms with E-state index in [0.717, 1.165) is 28.4 Å². The molecular formula is C19H19NO4. The highest BCUT2D eigenvalue weighted by Crippen LogP contribution is 2.38. The molecule has 0 aromatic heterocycles. The molecule has 0 bridgehead atoms. The smallest absolute Gasteiger partial charge is 0.241 e. The average Bonchev–Trinajstić information content (AvgIpc) is 3.06. The summed E-state index contributed by atoms with van der Waals surface area (Å²) in [5.41, 5.74) is 7.35. The zero-order valence-corrected chi connectivity index (χ0v) is 13.4. The van der Waals surface area contributed by atoms with E-state index in [-0.39, 0.29) is 12.7 Å². The molecule has 1 heterocycles. The van der Waals surface area contributed by atoms with E-state index in [4.69, 9.17) is 19.9 Å². The number of allylic oxidation sites excluding steroid dienone is 1. The highest BCUT2D eigenvalue weighted by atomic mass is 16.7. The topological polar surface area (TPSA) is 70.8 Å². The number of ether oxygens (including phenoxy) is 3. The molecule has 1 amide bonds. The number of nitrogens with two attached hydrogens (primary N) is 1. The molecule has 2 N–H and O–H groups in total. The van der Waals surface area contributed by atoms with Crippen molar-refractivity contribution in [3.8, 4) is 17.2 Å². The molecule has 3 rings (SSSR count). The maximum atomic E-state index is 11.0. The molecule has 0 fully saturated rings. The van der Waals surface area contributed by atoms with Crippen molar-refractivity contribution in [2.24, 2.45) is 5.73 Å². The minimum absolute atomic E-state index is 0.0465. The van der Waals surface area contributed by atoms with Gasteiger partial charge in [0.1, 0.15) is 5.75 Å². The van der Waals surface area contributed by atoms with Crippen LogP contribution in [0.15, 0.2) is 54.6 Å². The molecule has 1 aliphatic heterocycles. The van der Waals surface area contributed by atoms with Gasteiger partial charge in [0, 0.05) is 5.92 Å². The number of primary amides is 1. The second-order valence-electron chi connectivity index (χ2n) is 5.48. The number of methoxy groups -OCH3 is 1. The molecule has 1 atom stereocenters. The largest absolute Gasteiger partial charge is 0.497 e. The van der Waals surface area contributed by atoms with E-state index in [1.807, 2.05) is 42.5 Å². The molecule has 5 nitrogen and oxygen atoms in total. The van der Waals surface area contributed by atoms with Crippen LogP contribution in [-0.4, -0.2) is 19.8 Å². The maximum absolute atomic E-state index is 11.0. The molecular weight excluding hydrogens is 306 g/mol. The highest BCUT2D eigenvalue weighted by molar-refractivity contribution is 5.85. The molecule has 0 saturated heterocycles. The second kappa shape index (κ2) is 7.08. The number of rotatable bonds is 6. The summed E-state index contributed by atoms with van der Waals surface area (Å²) in [6.45, 7) is 0.240. The predicted molar refractivity (Wildman–Crippen MR) is 90.4 cm³/mol. The van der Waals surface area contributed by atoms with E-state index in [0.29, 0.717) is 6.42 Å². The number of carbonyl (C=O) groups is 1. The van der Waals surface area contributed by atoms with Crippen molar-refractivity contribution < 1.29 is 19.0 Å². The Bertz CT molecular complexity index is 770. The monoisotopic (exact) mass is 325 g/mol. The number of amides is 1. The highest BCUT2D eigenvalue weighted by Gasteiger charge is 2.19. The van der Waals surface area contributed by atoms with Crippen LogP contribution in [0.3, 0.4) is 0 Å². The number of fused-ring (bicyclic) bond motifs is 1. The van der Waals surface area contributed by atoms with Crippen molar-refractivity contribution in [2.45, 2.75) is 12.3 Å². The Morgan fingerprint density at radius 3 is 2.79 bits per heavy atom. The molecule has 0 radical (unpaired) electrons. The van der Waals surface area contributed by atoms with Crippen molar-refractivity contribution >= 4 is 5.91 Å². The lowest BCUT2D eigenvalue weighted by atomic mass is 9.88. The van der Waals surface area contributed by atoms with Gasteiger partial charge in [0.15, 0.2) is 11.5 Å². The maximum Gasteiger partial charge on any atom is 0.241 e. The van der Waals surface area contributed by atoms with Crippen LogP contribution in [0.5, 0.6) is 17.2 Å². The van der Waals surface area contributed by atoms with Crippen molar-refractivity contribution in [3.05, 3.63) is 65.7 Å². The SMILES string of the molecule is COc1cccc(C(C/C=C/C(N)=O)c2ccc3c(c2)OCO3)c1. The van der Waals surface area contributed by atoms with Crippen LogP contribution in [0.25, 0.3) is 0 Å². The Balaban J connectivity index is 1.96. The van der Waals surface area contributed by atoms with Crippen molar-refractivity contribution in [1.82, 2.24) is 0 Å². The zero-order valence-electron chi connectivity index (χ0n) is 13.4. The fourth-order valence-electron chi connectivity index (χ4n) is 2.77. The first-order valence-corrected chi connectivity index (χ1v) is 7.67. The van der Waals surface area contributed by atoms with Gasteiger partial charge in [0.25, 0.3) is 0 Å². The van der Waals surface area contributed by atoms with Crippen molar-refractivity contribution in [3.63, 3.8) is 0 Å². The summed E-state index contributed by atoms with van der Waals surface area (Å²) < 4.78 is 16.2. The molecule has 24 heavy (non-hydrogen) atoms. The van der Waals surface area contributed by atoms with E-state index in [1.165, 1.54) is 6.08 Å². The van der Waals surface area contributed by atoms with Crippen LogP contribution < -0.4 is 19.9 Å². The number of benzene rings is 2. The van der Waals surface area contributed by atoms with Gasteiger partial charge in [-0.2, -0.15) is 0 Å². The minimum Gasteiger partial charge on any atom is -0.497 e. The first-order chi connectivity index (χ1) is 11.7. The molecule has 0 saturated carbocycles. The van der Waals surface area contributed by atoms with Crippen LogP contribution in [-0.2, 0) is 4.79 Å². The summed E-state index contributed by atoms with van der Waals surface area (Å²) >= 11 is 0. The Kier molecular flexibility index (Phi) is 4.70. The summed E-state index contributed by atoms with van der Waals surface area (Å²) in [5.74, 6) is 1.86. The third-order valence-corrected chi connectivity index (χ3v) is 3.95. The Morgan fingerprint density at radius 1 is 1.21 bits per heavy atom. The standard InChI is InChI=1S/C19H19NO4/c1-22-15-5-2-4-13(10-15)16(6-3-7-19(20)21)14-8-9-17-18(11-14)24-12-23-17/h2-5,7-11,16H,6,12H2,1H3,(H2,20,21)/b7-3+. The van der Waals surface area contributed by atoms with E-state index >= 15 is 0 Å². The average molecular weight is 325 g/mol. The number of hydrogen-bond donors (Lipinski definition) is 1. The molecule has 5 heteroatoms. The first kappa shape index (κ1) is 15.9. The number of hydrogen-bond acceptors (Lipinski definition) is 4. The Hall–Kier alpha value is -2.95. The van der Waals surface area contributed by atoms with Crippen molar-refractivity contribution in [1.29, 1.82) is 0 Å². The van der Waals surface area contributed by atoms with E-state index in [9.17, 15) is 4.79 Å². The molecule has 1 aliphatic rings. The number of carbonyl (C=O) groups excluding carboxylic acids is 1. The van der Waals surface area contributed by atoms with Gasteiger partial charge in [-0.25, -0.2) is 0 Å².